The summed E-state index contributed by atoms with van der Waals surface area (Å²) in [6.45, 7) is 6.76. The molecule has 0 heterocycles. The third-order valence-corrected chi connectivity index (χ3v) is 3.59. The van der Waals surface area contributed by atoms with Crippen LogP contribution in [0.5, 0.6) is 0 Å². The lowest BCUT2D eigenvalue weighted by Crippen LogP contribution is -2.30. The number of nitrogens with one attached hydrogen (secondary N) is 1. The standard InChI is InChI=1S/C19H24N2O/c1-19(2,3)16-12-8-9-13-17(16)20-18(22)14-21(4)15-10-6-5-7-11-15/h5-13H,14H2,1-4H3,(H,20,22). The second kappa shape index (κ2) is 6.65. The van der Waals surface area contributed by atoms with Crippen LogP contribution < -0.4 is 10.2 Å². The van der Waals surface area contributed by atoms with Crippen molar-refractivity contribution in [2.24, 2.45) is 0 Å². The van der Waals surface area contributed by atoms with E-state index in [1.807, 2.05) is 60.5 Å². The molecule has 116 valence electrons. The van der Waals surface area contributed by atoms with Crippen LogP contribution in [0, 0.1) is 0 Å². The Morgan fingerprint density at radius 1 is 1.00 bits per heavy atom. The fourth-order valence-electron chi connectivity index (χ4n) is 2.43. The summed E-state index contributed by atoms with van der Waals surface area (Å²) in [4.78, 5) is 14.3. The molecule has 0 fully saturated rings. The van der Waals surface area contributed by atoms with Crippen LogP contribution in [0.4, 0.5) is 11.4 Å². The van der Waals surface area contributed by atoms with Crippen molar-refractivity contribution in [2.75, 3.05) is 23.8 Å². The lowest BCUT2D eigenvalue weighted by Gasteiger charge is -2.24. The van der Waals surface area contributed by atoms with E-state index < -0.39 is 0 Å². The van der Waals surface area contributed by atoms with Gasteiger partial charge in [-0.05, 0) is 29.2 Å². The largest absolute Gasteiger partial charge is 0.365 e. The van der Waals surface area contributed by atoms with Gasteiger partial charge in [-0.2, -0.15) is 0 Å². The van der Waals surface area contributed by atoms with E-state index in [0.29, 0.717) is 6.54 Å². The van der Waals surface area contributed by atoms with Crippen LogP contribution in [0.15, 0.2) is 54.6 Å². The number of para-hydroxylation sites is 2. The summed E-state index contributed by atoms with van der Waals surface area (Å²) in [5.41, 5.74) is 3.06. The van der Waals surface area contributed by atoms with Gasteiger partial charge in [-0.1, -0.05) is 57.2 Å². The summed E-state index contributed by atoms with van der Waals surface area (Å²) in [5.74, 6) is -0.0111. The van der Waals surface area contributed by atoms with Crippen molar-refractivity contribution in [3.63, 3.8) is 0 Å². The number of carbonyl (C=O) groups excluding carboxylic acids is 1. The van der Waals surface area contributed by atoms with E-state index in [2.05, 4.69) is 32.2 Å². The molecule has 0 radical (unpaired) electrons. The normalized spacial score (nSPS) is 11.1. The van der Waals surface area contributed by atoms with Crippen molar-refractivity contribution in [1.29, 1.82) is 0 Å². The molecule has 0 atom stereocenters. The Bertz CT molecular complexity index is 629. The fourth-order valence-corrected chi connectivity index (χ4v) is 2.43. The van der Waals surface area contributed by atoms with E-state index in [9.17, 15) is 4.79 Å². The highest BCUT2D eigenvalue weighted by Crippen LogP contribution is 2.29. The molecule has 3 nitrogen and oxygen atoms in total. The minimum Gasteiger partial charge on any atom is -0.365 e. The Balaban J connectivity index is 2.07. The highest BCUT2D eigenvalue weighted by Gasteiger charge is 2.18. The van der Waals surface area contributed by atoms with E-state index in [-0.39, 0.29) is 11.3 Å². The van der Waals surface area contributed by atoms with Gasteiger partial charge in [0, 0.05) is 18.4 Å². The Morgan fingerprint density at radius 2 is 1.59 bits per heavy atom. The number of anilines is 2. The monoisotopic (exact) mass is 296 g/mol. The Labute approximate surface area is 133 Å². The topological polar surface area (TPSA) is 32.3 Å². The number of carbonyl (C=O) groups is 1. The summed E-state index contributed by atoms with van der Waals surface area (Å²) in [5, 5.41) is 3.04. The molecule has 0 unspecified atom stereocenters. The van der Waals surface area contributed by atoms with Crippen LogP contribution in [0.3, 0.4) is 0 Å². The zero-order chi connectivity index (χ0) is 16.2. The van der Waals surface area contributed by atoms with Gasteiger partial charge < -0.3 is 10.2 Å². The number of nitrogens with zero attached hydrogens (tertiary/aromatic N) is 1. The predicted molar refractivity (Wildman–Crippen MR) is 93.5 cm³/mol. The van der Waals surface area contributed by atoms with Gasteiger partial charge in [-0.25, -0.2) is 0 Å². The van der Waals surface area contributed by atoms with Crippen molar-refractivity contribution >= 4 is 17.3 Å². The predicted octanol–water partition coefficient (Wildman–Crippen LogP) is 4.06. The summed E-state index contributed by atoms with van der Waals surface area (Å²) < 4.78 is 0. The molecule has 2 aromatic carbocycles. The minimum absolute atomic E-state index is 0.00476. The molecule has 0 aliphatic carbocycles. The zero-order valence-electron chi connectivity index (χ0n) is 13.8. The van der Waals surface area contributed by atoms with Crippen molar-refractivity contribution in [3.8, 4) is 0 Å². The van der Waals surface area contributed by atoms with Crippen molar-refractivity contribution in [1.82, 2.24) is 0 Å². The molecule has 22 heavy (non-hydrogen) atoms. The third-order valence-electron chi connectivity index (χ3n) is 3.59. The molecule has 0 spiro atoms. The van der Waals surface area contributed by atoms with Crippen LogP contribution in [0.25, 0.3) is 0 Å². The van der Waals surface area contributed by atoms with Gasteiger partial charge in [0.15, 0.2) is 0 Å². The van der Waals surface area contributed by atoms with E-state index in [1.165, 1.54) is 0 Å². The molecule has 0 bridgehead atoms. The lowest BCUT2D eigenvalue weighted by atomic mass is 9.86. The molecule has 0 aliphatic heterocycles. The van der Waals surface area contributed by atoms with E-state index in [1.54, 1.807) is 0 Å². The SMILES string of the molecule is CN(CC(=O)Nc1ccccc1C(C)(C)C)c1ccccc1. The van der Waals surface area contributed by atoms with Gasteiger partial charge in [-0.3, -0.25) is 4.79 Å². The maximum absolute atomic E-state index is 12.3. The van der Waals surface area contributed by atoms with Crippen LogP contribution in [-0.4, -0.2) is 19.5 Å². The van der Waals surface area contributed by atoms with Crippen molar-refractivity contribution < 1.29 is 4.79 Å². The van der Waals surface area contributed by atoms with E-state index in [0.717, 1.165) is 16.9 Å². The van der Waals surface area contributed by atoms with Gasteiger partial charge in [0.05, 0.1) is 6.54 Å². The highest BCUT2D eigenvalue weighted by atomic mass is 16.2. The van der Waals surface area contributed by atoms with Gasteiger partial charge in [-0.15, -0.1) is 0 Å². The molecule has 0 aromatic heterocycles. The van der Waals surface area contributed by atoms with Gasteiger partial charge in [0.1, 0.15) is 0 Å². The maximum atomic E-state index is 12.3. The third kappa shape index (κ3) is 4.10. The van der Waals surface area contributed by atoms with Crippen molar-refractivity contribution in [2.45, 2.75) is 26.2 Å². The first-order chi connectivity index (χ1) is 10.4. The van der Waals surface area contributed by atoms with Crippen LogP contribution in [0.2, 0.25) is 0 Å². The molecule has 1 N–H and O–H groups in total. The average molecular weight is 296 g/mol. The quantitative estimate of drug-likeness (QED) is 0.923. The Kier molecular flexibility index (Phi) is 4.86. The Hall–Kier alpha value is -2.29. The smallest absolute Gasteiger partial charge is 0.243 e. The summed E-state index contributed by atoms with van der Waals surface area (Å²) >= 11 is 0. The molecule has 0 saturated carbocycles. The lowest BCUT2D eigenvalue weighted by molar-refractivity contribution is -0.114. The maximum Gasteiger partial charge on any atom is 0.243 e. The van der Waals surface area contributed by atoms with Gasteiger partial charge >= 0.3 is 0 Å². The molecule has 0 saturated heterocycles. The summed E-state index contributed by atoms with van der Waals surface area (Å²) in [6, 6.07) is 17.9. The molecule has 2 rings (SSSR count). The highest BCUT2D eigenvalue weighted by molar-refractivity contribution is 5.94. The molecule has 1 amide bonds. The van der Waals surface area contributed by atoms with Gasteiger partial charge in [0.25, 0.3) is 0 Å². The average Bonchev–Trinajstić information content (AvgIpc) is 2.47. The zero-order valence-corrected chi connectivity index (χ0v) is 13.8. The number of hydrogen-bond donors (Lipinski definition) is 1. The van der Waals surface area contributed by atoms with E-state index in [4.69, 9.17) is 0 Å². The second-order valence-corrected chi connectivity index (χ2v) is 6.54. The summed E-state index contributed by atoms with van der Waals surface area (Å²) in [6.07, 6.45) is 0. The molecular formula is C19H24N2O. The molecular weight excluding hydrogens is 272 g/mol. The summed E-state index contributed by atoms with van der Waals surface area (Å²) in [7, 11) is 1.92. The fraction of sp³-hybridized carbons (Fsp3) is 0.316. The number of hydrogen-bond acceptors (Lipinski definition) is 2. The van der Waals surface area contributed by atoms with Crippen LogP contribution >= 0.6 is 0 Å². The first kappa shape index (κ1) is 16.1. The molecule has 0 aliphatic rings. The number of rotatable bonds is 4. The number of benzene rings is 2. The Morgan fingerprint density at radius 3 is 2.23 bits per heavy atom. The van der Waals surface area contributed by atoms with E-state index >= 15 is 0 Å². The van der Waals surface area contributed by atoms with Gasteiger partial charge in [0.2, 0.25) is 5.91 Å². The first-order valence-electron chi connectivity index (χ1n) is 7.53. The molecule has 3 heteroatoms. The second-order valence-electron chi connectivity index (χ2n) is 6.54. The first-order valence-corrected chi connectivity index (χ1v) is 7.53. The number of amides is 1. The van der Waals surface area contributed by atoms with Crippen LogP contribution in [-0.2, 0) is 10.2 Å². The van der Waals surface area contributed by atoms with Crippen LogP contribution in [0.1, 0.15) is 26.3 Å². The number of likely N-dealkylation sites (N-methyl/N-ethyl adjacent to an activating group) is 1. The van der Waals surface area contributed by atoms with Crippen molar-refractivity contribution in [3.05, 3.63) is 60.2 Å². The minimum atomic E-state index is -0.0111. The molecule has 2 aromatic rings.